The molecule has 3 heteroatoms. The van der Waals surface area contributed by atoms with Gasteiger partial charge in [0.15, 0.2) is 5.65 Å². The van der Waals surface area contributed by atoms with Gasteiger partial charge >= 0.3 is 0 Å². The Hall–Kier alpha value is -1.90. The lowest BCUT2D eigenvalue weighted by atomic mass is 10.2. The van der Waals surface area contributed by atoms with E-state index in [0.29, 0.717) is 0 Å². The molecule has 80 valence electrons. The third-order valence-corrected chi connectivity index (χ3v) is 2.82. The van der Waals surface area contributed by atoms with Crippen LogP contribution in [0.15, 0.2) is 36.4 Å². The average Bonchev–Trinajstić information content (AvgIpc) is 2.73. The van der Waals surface area contributed by atoms with Crippen LogP contribution in [0, 0.1) is 0 Å². The number of benzene rings is 1. The van der Waals surface area contributed by atoms with Gasteiger partial charge in [-0.2, -0.15) is 0 Å². The van der Waals surface area contributed by atoms with Crippen molar-refractivity contribution in [2.75, 3.05) is 0 Å². The molecule has 3 aromatic rings. The van der Waals surface area contributed by atoms with E-state index in [4.69, 9.17) is 0 Å². The molecule has 3 rings (SSSR count). The van der Waals surface area contributed by atoms with Gasteiger partial charge in [-0.15, -0.1) is 10.2 Å². The highest BCUT2D eigenvalue weighted by atomic mass is 15.2. The Bertz CT molecular complexity index is 640. The summed E-state index contributed by atoms with van der Waals surface area (Å²) in [4.78, 5) is 0. The summed E-state index contributed by atoms with van der Waals surface area (Å²) in [5, 5.41) is 9.68. The predicted molar refractivity (Wildman–Crippen MR) is 64.5 cm³/mol. The van der Waals surface area contributed by atoms with E-state index in [1.165, 1.54) is 10.9 Å². The van der Waals surface area contributed by atoms with Gasteiger partial charge < -0.3 is 0 Å². The van der Waals surface area contributed by atoms with Crippen molar-refractivity contribution < 1.29 is 0 Å². The molecule has 2 aromatic heterocycles. The Morgan fingerprint density at radius 1 is 1.06 bits per heavy atom. The van der Waals surface area contributed by atoms with Crippen molar-refractivity contribution in [2.45, 2.75) is 19.8 Å². The molecule has 0 aliphatic heterocycles. The monoisotopic (exact) mass is 211 g/mol. The number of hydrogen-bond donors (Lipinski definition) is 0. The number of rotatable bonds is 2. The first-order valence-electron chi connectivity index (χ1n) is 5.62. The maximum absolute atomic E-state index is 4.25. The highest BCUT2D eigenvalue weighted by molar-refractivity contribution is 5.81. The number of aryl methyl sites for hydroxylation is 1. The van der Waals surface area contributed by atoms with Gasteiger partial charge in [0.25, 0.3) is 0 Å². The first kappa shape index (κ1) is 9.33. The molecule has 0 radical (unpaired) electrons. The van der Waals surface area contributed by atoms with Crippen LogP contribution in [0.3, 0.4) is 0 Å². The number of hydrogen-bond acceptors (Lipinski definition) is 2. The summed E-state index contributed by atoms with van der Waals surface area (Å²) in [6.07, 6.45) is 2.05. The van der Waals surface area contributed by atoms with Crippen LogP contribution < -0.4 is 0 Å². The van der Waals surface area contributed by atoms with Crippen LogP contribution in [-0.4, -0.2) is 14.6 Å². The standard InChI is InChI=1S/C13H13N3/c1-2-5-12-14-15-13-9-8-10-6-3-4-7-11(10)16(12)13/h3-4,6-9H,2,5H2,1H3. The van der Waals surface area contributed by atoms with Crippen molar-refractivity contribution in [2.24, 2.45) is 0 Å². The second-order valence-electron chi connectivity index (χ2n) is 3.95. The van der Waals surface area contributed by atoms with Crippen molar-refractivity contribution in [1.82, 2.24) is 14.6 Å². The Morgan fingerprint density at radius 3 is 2.81 bits per heavy atom. The van der Waals surface area contributed by atoms with Crippen LogP contribution >= 0.6 is 0 Å². The summed E-state index contributed by atoms with van der Waals surface area (Å²) in [6, 6.07) is 12.5. The molecule has 2 heterocycles. The van der Waals surface area contributed by atoms with E-state index in [1.807, 2.05) is 6.07 Å². The van der Waals surface area contributed by atoms with Crippen molar-refractivity contribution in [3.05, 3.63) is 42.2 Å². The smallest absolute Gasteiger partial charge is 0.161 e. The summed E-state index contributed by atoms with van der Waals surface area (Å²) < 4.78 is 2.15. The fraction of sp³-hybridized carbons (Fsp3) is 0.231. The highest BCUT2D eigenvalue weighted by Crippen LogP contribution is 2.17. The molecule has 0 spiro atoms. The van der Waals surface area contributed by atoms with Gasteiger partial charge in [-0.05, 0) is 30.0 Å². The van der Waals surface area contributed by atoms with Crippen LogP contribution in [0.4, 0.5) is 0 Å². The lowest BCUT2D eigenvalue weighted by molar-refractivity contribution is 0.825. The average molecular weight is 211 g/mol. The molecule has 16 heavy (non-hydrogen) atoms. The molecule has 0 aliphatic carbocycles. The van der Waals surface area contributed by atoms with Crippen LogP contribution in [-0.2, 0) is 6.42 Å². The normalized spacial score (nSPS) is 11.3. The number of para-hydroxylation sites is 1. The van der Waals surface area contributed by atoms with Crippen molar-refractivity contribution in [3.8, 4) is 0 Å². The van der Waals surface area contributed by atoms with Gasteiger partial charge in [0.1, 0.15) is 5.82 Å². The molecule has 0 atom stereocenters. The van der Waals surface area contributed by atoms with E-state index in [9.17, 15) is 0 Å². The number of aromatic nitrogens is 3. The molecule has 0 saturated heterocycles. The van der Waals surface area contributed by atoms with Crippen LogP contribution in [0.1, 0.15) is 19.2 Å². The molecule has 0 aliphatic rings. The first-order valence-corrected chi connectivity index (χ1v) is 5.62. The summed E-state index contributed by atoms with van der Waals surface area (Å²) in [7, 11) is 0. The van der Waals surface area contributed by atoms with Crippen LogP contribution in [0.2, 0.25) is 0 Å². The number of pyridine rings is 1. The van der Waals surface area contributed by atoms with Gasteiger partial charge in [-0.3, -0.25) is 4.40 Å². The quantitative estimate of drug-likeness (QED) is 0.652. The molecule has 0 saturated carbocycles. The SMILES string of the molecule is CCCc1nnc2ccc3ccccc3n12. The van der Waals surface area contributed by atoms with E-state index in [0.717, 1.165) is 24.3 Å². The lowest BCUT2D eigenvalue weighted by Gasteiger charge is -2.03. The second kappa shape index (κ2) is 3.59. The molecule has 3 nitrogen and oxygen atoms in total. The van der Waals surface area contributed by atoms with Gasteiger partial charge in [-0.25, -0.2) is 0 Å². The van der Waals surface area contributed by atoms with Gasteiger partial charge in [0.2, 0.25) is 0 Å². The fourth-order valence-corrected chi connectivity index (χ4v) is 2.08. The molecule has 1 aromatic carbocycles. The second-order valence-corrected chi connectivity index (χ2v) is 3.95. The summed E-state index contributed by atoms with van der Waals surface area (Å²) in [6.45, 7) is 2.16. The summed E-state index contributed by atoms with van der Waals surface area (Å²) >= 11 is 0. The van der Waals surface area contributed by atoms with Crippen molar-refractivity contribution >= 4 is 16.6 Å². The van der Waals surface area contributed by atoms with Crippen molar-refractivity contribution in [3.63, 3.8) is 0 Å². The zero-order chi connectivity index (χ0) is 11.0. The van der Waals surface area contributed by atoms with Gasteiger partial charge in [0, 0.05) is 6.42 Å². The number of nitrogens with zero attached hydrogens (tertiary/aromatic N) is 3. The van der Waals surface area contributed by atoms with E-state index >= 15 is 0 Å². The topological polar surface area (TPSA) is 30.2 Å². The van der Waals surface area contributed by atoms with E-state index in [-0.39, 0.29) is 0 Å². The maximum atomic E-state index is 4.25. The largest absolute Gasteiger partial charge is 0.279 e. The Labute approximate surface area is 93.7 Å². The minimum Gasteiger partial charge on any atom is -0.279 e. The highest BCUT2D eigenvalue weighted by Gasteiger charge is 2.06. The molecule has 0 fully saturated rings. The van der Waals surface area contributed by atoms with E-state index in [2.05, 4.69) is 51.9 Å². The molecular formula is C13H13N3. The molecule has 0 N–H and O–H groups in total. The summed E-state index contributed by atoms with van der Waals surface area (Å²) in [5.74, 6) is 1.05. The molecule has 0 amide bonds. The minimum atomic E-state index is 0.933. The minimum absolute atomic E-state index is 0.933. The third kappa shape index (κ3) is 1.28. The zero-order valence-electron chi connectivity index (χ0n) is 9.22. The Kier molecular flexibility index (Phi) is 2.10. The first-order chi connectivity index (χ1) is 7.90. The zero-order valence-corrected chi connectivity index (χ0v) is 9.22. The van der Waals surface area contributed by atoms with Crippen LogP contribution in [0.25, 0.3) is 16.6 Å². The summed E-state index contributed by atoms with van der Waals surface area (Å²) in [5.41, 5.74) is 2.12. The number of fused-ring (bicyclic) bond motifs is 3. The van der Waals surface area contributed by atoms with E-state index < -0.39 is 0 Å². The van der Waals surface area contributed by atoms with Crippen molar-refractivity contribution in [1.29, 1.82) is 0 Å². The van der Waals surface area contributed by atoms with E-state index in [1.54, 1.807) is 0 Å². The molecule has 0 unspecified atom stereocenters. The molecular weight excluding hydrogens is 198 g/mol. The van der Waals surface area contributed by atoms with Crippen LogP contribution in [0.5, 0.6) is 0 Å². The maximum Gasteiger partial charge on any atom is 0.161 e. The van der Waals surface area contributed by atoms with Gasteiger partial charge in [-0.1, -0.05) is 25.1 Å². The van der Waals surface area contributed by atoms with Gasteiger partial charge in [0.05, 0.1) is 5.52 Å². The predicted octanol–water partition coefficient (Wildman–Crippen LogP) is 2.84. The molecule has 0 bridgehead atoms. The third-order valence-electron chi connectivity index (χ3n) is 2.82. The Morgan fingerprint density at radius 2 is 1.94 bits per heavy atom. The Balaban J connectivity index is 2.42. The lowest BCUT2D eigenvalue weighted by Crippen LogP contribution is -1.95. The fourth-order valence-electron chi connectivity index (χ4n) is 2.08.